The Morgan fingerprint density at radius 2 is 2.25 bits per heavy atom. The Labute approximate surface area is 99.6 Å². The molecule has 1 amide bonds. The van der Waals surface area contributed by atoms with Crippen LogP contribution in [0.1, 0.15) is 23.2 Å². The second-order valence-corrected chi connectivity index (χ2v) is 4.58. The monoisotopic (exact) mass is 237 g/mol. The summed E-state index contributed by atoms with van der Waals surface area (Å²) in [5, 5.41) is 2.66. The maximum atomic E-state index is 11.8. The molecule has 2 rings (SSSR count). The number of amides is 1. The van der Waals surface area contributed by atoms with Crippen LogP contribution in [0.2, 0.25) is 0 Å². The van der Waals surface area contributed by atoms with Crippen LogP contribution in [0, 0.1) is 0 Å². The highest BCUT2D eigenvalue weighted by molar-refractivity contribution is 7.98. The van der Waals surface area contributed by atoms with Crippen LogP contribution in [0.3, 0.4) is 0 Å². The molecule has 0 aliphatic heterocycles. The van der Waals surface area contributed by atoms with Crippen molar-refractivity contribution in [1.29, 1.82) is 0 Å². The van der Waals surface area contributed by atoms with E-state index in [4.69, 9.17) is 4.74 Å². The number of ether oxygens (including phenoxy) is 1. The normalized spacial score (nSPS) is 14.6. The van der Waals surface area contributed by atoms with Crippen LogP contribution < -0.4 is 10.1 Å². The van der Waals surface area contributed by atoms with Gasteiger partial charge in [-0.2, -0.15) is 0 Å². The summed E-state index contributed by atoms with van der Waals surface area (Å²) in [5.41, 5.74) is 0.657. The minimum Gasteiger partial charge on any atom is -0.490 e. The number of hydrogen-bond donors (Lipinski definition) is 1. The second-order valence-electron chi connectivity index (χ2n) is 3.73. The molecule has 0 radical (unpaired) electrons. The van der Waals surface area contributed by atoms with Crippen molar-refractivity contribution in [2.45, 2.75) is 23.8 Å². The quantitative estimate of drug-likeness (QED) is 0.817. The van der Waals surface area contributed by atoms with E-state index in [1.54, 1.807) is 18.8 Å². The van der Waals surface area contributed by atoms with Crippen LogP contribution >= 0.6 is 11.8 Å². The van der Waals surface area contributed by atoms with E-state index in [9.17, 15) is 4.79 Å². The van der Waals surface area contributed by atoms with Gasteiger partial charge in [0.05, 0.1) is 11.7 Å². The van der Waals surface area contributed by atoms with Gasteiger partial charge < -0.3 is 10.1 Å². The highest BCUT2D eigenvalue weighted by atomic mass is 32.2. The first kappa shape index (κ1) is 11.3. The summed E-state index contributed by atoms with van der Waals surface area (Å²) >= 11 is 1.56. The number of benzene rings is 1. The largest absolute Gasteiger partial charge is 0.490 e. The summed E-state index contributed by atoms with van der Waals surface area (Å²) < 4.78 is 5.75. The molecule has 4 heteroatoms. The molecule has 0 unspecified atom stereocenters. The predicted octanol–water partition coefficient (Wildman–Crippen LogP) is 2.31. The molecule has 1 saturated carbocycles. The van der Waals surface area contributed by atoms with Crippen LogP contribution in [0.15, 0.2) is 23.1 Å². The lowest BCUT2D eigenvalue weighted by Gasteiger charge is -2.12. The fourth-order valence-electron chi connectivity index (χ4n) is 1.49. The SMILES string of the molecule is CNC(=O)c1c(OC2CC2)cccc1SC. The van der Waals surface area contributed by atoms with Gasteiger partial charge in [-0.3, -0.25) is 4.79 Å². The van der Waals surface area contributed by atoms with Gasteiger partial charge in [-0.15, -0.1) is 11.8 Å². The Morgan fingerprint density at radius 3 is 2.81 bits per heavy atom. The highest BCUT2D eigenvalue weighted by Gasteiger charge is 2.26. The molecule has 0 bridgehead atoms. The number of rotatable bonds is 4. The summed E-state index contributed by atoms with van der Waals surface area (Å²) in [4.78, 5) is 12.8. The minimum absolute atomic E-state index is 0.0828. The molecular formula is C12H15NO2S. The zero-order valence-electron chi connectivity index (χ0n) is 9.45. The molecule has 0 heterocycles. The summed E-state index contributed by atoms with van der Waals surface area (Å²) in [5.74, 6) is 0.620. The number of carbonyl (C=O) groups excluding carboxylic acids is 1. The van der Waals surface area contributed by atoms with E-state index in [0.29, 0.717) is 17.4 Å². The zero-order chi connectivity index (χ0) is 11.5. The summed E-state index contributed by atoms with van der Waals surface area (Å²) in [6.07, 6.45) is 4.45. The first-order chi connectivity index (χ1) is 7.76. The predicted molar refractivity (Wildman–Crippen MR) is 65.3 cm³/mol. The molecule has 3 nitrogen and oxygen atoms in total. The first-order valence-electron chi connectivity index (χ1n) is 5.32. The zero-order valence-corrected chi connectivity index (χ0v) is 10.3. The van der Waals surface area contributed by atoms with E-state index < -0.39 is 0 Å². The van der Waals surface area contributed by atoms with Crippen molar-refractivity contribution < 1.29 is 9.53 Å². The van der Waals surface area contributed by atoms with Crippen LogP contribution in [-0.4, -0.2) is 25.3 Å². The van der Waals surface area contributed by atoms with E-state index in [1.165, 1.54) is 0 Å². The summed E-state index contributed by atoms with van der Waals surface area (Å²) in [6, 6.07) is 5.73. The standard InChI is InChI=1S/C12H15NO2S/c1-13-12(14)11-9(15-8-6-7-8)4-3-5-10(11)16-2/h3-5,8H,6-7H2,1-2H3,(H,13,14). The molecule has 1 fully saturated rings. The Morgan fingerprint density at radius 1 is 1.50 bits per heavy atom. The molecule has 1 N–H and O–H groups in total. The topological polar surface area (TPSA) is 38.3 Å². The first-order valence-corrected chi connectivity index (χ1v) is 6.54. The van der Waals surface area contributed by atoms with E-state index in [0.717, 1.165) is 17.7 Å². The van der Waals surface area contributed by atoms with Gasteiger partial charge in [0, 0.05) is 11.9 Å². The van der Waals surface area contributed by atoms with Crippen LogP contribution in [0.4, 0.5) is 0 Å². The summed E-state index contributed by atoms with van der Waals surface area (Å²) in [6.45, 7) is 0. The average molecular weight is 237 g/mol. The third kappa shape index (κ3) is 2.32. The van der Waals surface area contributed by atoms with Gasteiger partial charge in [0.25, 0.3) is 5.91 Å². The van der Waals surface area contributed by atoms with Crippen LogP contribution in [-0.2, 0) is 0 Å². The Bertz CT molecular complexity index is 402. The maximum Gasteiger partial charge on any atom is 0.255 e. The van der Waals surface area contributed by atoms with Crippen molar-refractivity contribution >= 4 is 17.7 Å². The van der Waals surface area contributed by atoms with E-state index in [2.05, 4.69) is 5.32 Å². The second kappa shape index (κ2) is 4.78. The van der Waals surface area contributed by atoms with Crippen molar-refractivity contribution in [3.8, 4) is 5.75 Å². The lowest BCUT2D eigenvalue weighted by atomic mass is 10.2. The van der Waals surface area contributed by atoms with Gasteiger partial charge in [-0.1, -0.05) is 6.07 Å². The fraction of sp³-hybridized carbons (Fsp3) is 0.417. The Kier molecular flexibility index (Phi) is 3.39. The van der Waals surface area contributed by atoms with Gasteiger partial charge in [0.2, 0.25) is 0 Å². The van der Waals surface area contributed by atoms with E-state index in [-0.39, 0.29) is 5.91 Å². The molecule has 16 heavy (non-hydrogen) atoms. The van der Waals surface area contributed by atoms with Crippen molar-refractivity contribution in [2.75, 3.05) is 13.3 Å². The van der Waals surface area contributed by atoms with Gasteiger partial charge in [0.1, 0.15) is 5.75 Å². The smallest absolute Gasteiger partial charge is 0.255 e. The van der Waals surface area contributed by atoms with Crippen molar-refractivity contribution in [1.82, 2.24) is 5.32 Å². The van der Waals surface area contributed by atoms with E-state index >= 15 is 0 Å². The van der Waals surface area contributed by atoms with Gasteiger partial charge in [-0.05, 0) is 31.2 Å². The van der Waals surface area contributed by atoms with Crippen LogP contribution in [0.5, 0.6) is 5.75 Å². The van der Waals surface area contributed by atoms with Crippen molar-refractivity contribution in [3.63, 3.8) is 0 Å². The number of hydrogen-bond acceptors (Lipinski definition) is 3. The van der Waals surface area contributed by atoms with E-state index in [1.807, 2.05) is 24.5 Å². The fourth-order valence-corrected chi connectivity index (χ4v) is 2.11. The summed E-state index contributed by atoms with van der Waals surface area (Å²) in [7, 11) is 1.64. The molecule has 0 atom stereocenters. The van der Waals surface area contributed by atoms with Gasteiger partial charge >= 0.3 is 0 Å². The Hall–Kier alpha value is -1.16. The molecule has 1 aromatic rings. The molecule has 0 spiro atoms. The number of thioether (sulfide) groups is 1. The average Bonchev–Trinajstić information content (AvgIpc) is 3.11. The van der Waals surface area contributed by atoms with Crippen LogP contribution in [0.25, 0.3) is 0 Å². The minimum atomic E-state index is -0.0828. The lowest BCUT2D eigenvalue weighted by molar-refractivity contribution is 0.0955. The Balaban J connectivity index is 2.36. The van der Waals surface area contributed by atoms with Gasteiger partial charge in [-0.25, -0.2) is 0 Å². The molecule has 0 saturated heterocycles. The molecular weight excluding hydrogens is 222 g/mol. The molecule has 1 aliphatic carbocycles. The molecule has 1 aromatic carbocycles. The third-order valence-corrected chi connectivity index (χ3v) is 3.26. The number of nitrogens with one attached hydrogen (secondary N) is 1. The molecule has 86 valence electrons. The van der Waals surface area contributed by atoms with Crippen molar-refractivity contribution in [3.05, 3.63) is 23.8 Å². The molecule has 1 aliphatic rings. The molecule has 0 aromatic heterocycles. The third-order valence-electron chi connectivity index (χ3n) is 2.48. The maximum absolute atomic E-state index is 11.8. The lowest BCUT2D eigenvalue weighted by Crippen LogP contribution is -2.20. The number of carbonyl (C=O) groups is 1. The highest BCUT2D eigenvalue weighted by Crippen LogP contribution is 2.33. The van der Waals surface area contributed by atoms with Gasteiger partial charge in [0.15, 0.2) is 0 Å². The van der Waals surface area contributed by atoms with Crippen molar-refractivity contribution in [2.24, 2.45) is 0 Å².